The van der Waals surface area contributed by atoms with E-state index >= 15 is 0 Å². The zero-order valence-corrected chi connectivity index (χ0v) is 17.1. The number of amides is 2. The number of hydrogen-bond donors (Lipinski definition) is 3. The molecule has 6 heteroatoms. The fourth-order valence-corrected chi connectivity index (χ4v) is 3.38. The minimum atomic E-state index is -0.190. The minimum Gasteiger partial charge on any atom is -0.348 e. The van der Waals surface area contributed by atoms with Gasteiger partial charge >= 0.3 is 0 Å². The number of para-hydroxylation sites is 1. The molecule has 0 aliphatic carbocycles. The Morgan fingerprint density at radius 2 is 1.82 bits per heavy atom. The van der Waals surface area contributed by atoms with Crippen molar-refractivity contribution in [1.29, 1.82) is 0 Å². The van der Waals surface area contributed by atoms with E-state index in [9.17, 15) is 9.59 Å². The van der Waals surface area contributed by atoms with E-state index in [1.807, 2.05) is 43.3 Å². The van der Waals surface area contributed by atoms with Crippen molar-refractivity contribution in [3.8, 4) is 0 Å². The fraction of sp³-hybridized carbons (Fsp3) is 0.364. The highest BCUT2D eigenvalue weighted by atomic mass is 35.5. The van der Waals surface area contributed by atoms with E-state index in [1.165, 1.54) is 5.56 Å². The van der Waals surface area contributed by atoms with Crippen LogP contribution in [0.5, 0.6) is 0 Å². The summed E-state index contributed by atoms with van der Waals surface area (Å²) in [6.07, 6.45) is 1.63. The summed E-state index contributed by atoms with van der Waals surface area (Å²) in [6, 6.07) is 15.5. The van der Waals surface area contributed by atoms with E-state index in [1.54, 1.807) is 12.1 Å². The Bertz CT molecular complexity index is 808. The molecule has 3 rings (SSSR count). The highest BCUT2D eigenvalue weighted by Gasteiger charge is 2.25. The maximum absolute atomic E-state index is 12.6. The molecule has 3 N–H and O–H groups in total. The van der Waals surface area contributed by atoms with Gasteiger partial charge in [-0.1, -0.05) is 42.0 Å². The van der Waals surface area contributed by atoms with Crippen LogP contribution in [0.4, 0.5) is 5.69 Å². The van der Waals surface area contributed by atoms with Gasteiger partial charge in [-0.3, -0.25) is 9.59 Å². The molecule has 0 radical (unpaired) electrons. The van der Waals surface area contributed by atoms with Gasteiger partial charge in [0.05, 0.1) is 11.3 Å². The van der Waals surface area contributed by atoms with Gasteiger partial charge in [0.15, 0.2) is 0 Å². The van der Waals surface area contributed by atoms with Gasteiger partial charge in [-0.25, -0.2) is 0 Å². The summed E-state index contributed by atoms with van der Waals surface area (Å²) >= 11 is 0. The van der Waals surface area contributed by atoms with Crippen LogP contribution in [0.2, 0.25) is 0 Å². The van der Waals surface area contributed by atoms with Crippen LogP contribution in [-0.4, -0.2) is 24.4 Å². The number of carbonyl (C=O) groups excluding carboxylic acids is 2. The van der Waals surface area contributed by atoms with Gasteiger partial charge in [-0.15, -0.1) is 12.4 Å². The fourth-order valence-electron chi connectivity index (χ4n) is 3.38. The summed E-state index contributed by atoms with van der Waals surface area (Å²) in [7, 11) is 0. The zero-order valence-electron chi connectivity index (χ0n) is 16.3. The highest BCUT2D eigenvalue weighted by molar-refractivity contribution is 6.04. The average Bonchev–Trinajstić information content (AvgIpc) is 2.67. The second kappa shape index (κ2) is 10.2. The lowest BCUT2D eigenvalue weighted by atomic mass is 9.92. The van der Waals surface area contributed by atoms with Crippen LogP contribution >= 0.6 is 12.4 Å². The lowest BCUT2D eigenvalue weighted by Gasteiger charge is -2.27. The molecule has 0 saturated carbocycles. The molecule has 1 saturated heterocycles. The lowest BCUT2D eigenvalue weighted by Crippen LogP contribution is -2.40. The number of anilines is 1. The number of piperidine rings is 1. The Kier molecular flexibility index (Phi) is 8.03. The number of aryl methyl sites for hydroxylation is 1. The van der Waals surface area contributed by atoms with Crippen LogP contribution in [0.1, 0.15) is 41.3 Å². The van der Waals surface area contributed by atoms with Crippen molar-refractivity contribution in [3.63, 3.8) is 0 Å². The number of rotatable bonds is 5. The standard InChI is InChI=1S/C22H27N3O2.ClH/c1-15-7-9-17(10-8-15)14-24-22(27)19-5-3-4-6-20(19)25-21(26)18-11-12-23-16(2)13-18;/h3-10,16,18,23H,11-14H2,1-2H3,(H,24,27)(H,25,26);1H/t16-,18-;/m0./s1. The van der Waals surface area contributed by atoms with Gasteiger partial charge in [0.2, 0.25) is 5.91 Å². The molecule has 150 valence electrons. The number of benzene rings is 2. The lowest BCUT2D eigenvalue weighted by molar-refractivity contribution is -0.120. The SMILES string of the molecule is Cc1ccc(CNC(=O)c2ccccc2NC(=O)[C@H]2CCN[C@@H](C)C2)cc1.Cl. The van der Waals surface area contributed by atoms with Gasteiger partial charge in [-0.2, -0.15) is 0 Å². The molecule has 1 aliphatic rings. The van der Waals surface area contributed by atoms with Crippen LogP contribution in [0.15, 0.2) is 48.5 Å². The zero-order chi connectivity index (χ0) is 19.2. The largest absolute Gasteiger partial charge is 0.348 e. The second-order valence-electron chi connectivity index (χ2n) is 7.28. The molecule has 1 fully saturated rings. The predicted molar refractivity (Wildman–Crippen MR) is 115 cm³/mol. The molecular formula is C22H28ClN3O2. The molecule has 0 bridgehead atoms. The normalized spacial score (nSPS) is 18.6. The van der Waals surface area contributed by atoms with Crippen molar-refractivity contribution in [2.75, 3.05) is 11.9 Å². The maximum Gasteiger partial charge on any atom is 0.253 e. The predicted octanol–water partition coefficient (Wildman–Crippen LogP) is 3.67. The van der Waals surface area contributed by atoms with Gasteiger partial charge in [-0.05, 0) is 50.9 Å². The molecule has 2 aromatic carbocycles. The second-order valence-corrected chi connectivity index (χ2v) is 7.28. The first kappa shape index (κ1) is 21.9. The summed E-state index contributed by atoms with van der Waals surface area (Å²) in [5.41, 5.74) is 3.28. The Morgan fingerprint density at radius 3 is 2.54 bits per heavy atom. The van der Waals surface area contributed by atoms with Gasteiger partial charge in [0, 0.05) is 18.5 Å². The molecule has 2 atom stereocenters. The molecular weight excluding hydrogens is 374 g/mol. The van der Waals surface area contributed by atoms with Crippen LogP contribution in [-0.2, 0) is 11.3 Å². The van der Waals surface area contributed by atoms with E-state index in [2.05, 4.69) is 22.9 Å². The van der Waals surface area contributed by atoms with Gasteiger partial charge < -0.3 is 16.0 Å². The molecule has 0 aromatic heterocycles. The minimum absolute atomic E-state index is 0. The van der Waals surface area contributed by atoms with Crippen LogP contribution in [0.3, 0.4) is 0 Å². The van der Waals surface area contributed by atoms with Crippen LogP contribution in [0, 0.1) is 12.8 Å². The van der Waals surface area contributed by atoms with Crippen molar-refractivity contribution < 1.29 is 9.59 Å². The quantitative estimate of drug-likeness (QED) is 0.715. The number of hydrogen-bond acceptors (Lipinski definition) is 3. The molecule has 1 aliphatic heterocycles. The number of nitrogens with one attached hydrogen (secondary N) is 3. The molecule has 2 aromatic rings. The summed E-state index contributed by atoms with van der Waals surface area (Å²) < 4.78 is 0. The first-order valence-corrected chi connectivity index (χ1v) is 9.50. The van der Waals surface area contributed by atoms with Gasteiger partial charge in [0.25, 0.3) is 5.91 Å². The summed E-state index contributed by atoms with van der Waals surface area (Å²) in [4.78, 5) is 25.3. The summed E-state index contributed by atoms with van der Waals surface area (Å²) in [5, 5.41) is 9.25. The van der Waals surface area contributed by atoms with Crippen molar-refractivity contribution in [2.24, 2.45) is 5.92 Å². The molecule has 0 spiro atoms. The van der Waals surface area contributed by atoms with Crippen molar-refractivity contribution in [2.45, 2.75) is 39.3 Å². The topological polar surface area (TPSA) is 70.2 Å². The third-order valence-corrected chi connectivity index (χ3v) is 5.00. The summed E-state index contributed by atoms with van der Waals surface area (Å²) in [6.45, 7) is 5.42. The number of carbonyl (C=O) groups is 2. The first-order valence-electron chi connectivity index (χ1n) is 9.50. The van der Waals surface area contributed by atoms with Crippen molar-refractivity contribution in [1.82, 2.24) is 10.6 Å². The van der Waals surface area contributed by atoms with Crippen molar-refractivity contribution in [3.05, 3.63) is 65.2 Å². The highest BCUT2D eigenvalue weighted by Crippen LogP contribution is 2.21. The van der Waals surface area contributed by atoms with Crippen LogP contribution in [0.25, 0.3) is 0 Å². The van der Waals surface area contributed by atoms with E-state index in [4.69, 9.17) is 0 Å². The van der Waals surface area contributed by atoms with E-state index in [0.29, 0.717) is 23.8 Å². The Hall–Kier alpha value is -2.37. The van der Waals surface area contributed by atoms with Gasteiger partial charge in [0.1, 0.15) is 0 Å². The molecule has 28 heavy (non-hydrogen) atoms. The Labute approximate surface area is 172 Å². The van der Waals surface area contributed by atoms with E-state index in [0.717, 1.165) is 24.9 Å². The monoisotopic (exact) mass is 401 g/mol. The van der Waals surface area contributed by atoms with Crippen LogP contribution < -0.4 is 16.0 Å². The average molecular weight is 402 g/mol. The van der Waals surface area contributed by atoms with E-state index < -0.39 is 0 Å². The molecule has 5 nitrogen and oxygen atoms in total. The first-order chi connectivity index (χ1) is 13.0. The molecule has 2 amide bonds. The Morgan fingerprint density at radius 1 is 1.11 bits per heavy atom. The maximum atomic E-state index is 12.6. The number of halogens is 1. The third kappa shape index (κ3) is 5.81. The van der Waals surface area contributed by atoms with Crippen molar-refractivity contribution >= 4 is 29.9 Å². The Balaban J connectivity index is 0.00000280. The molecule has 1 heterocycles. The van der Waals surface area contributed by atoms with E-state index in [-0.39, 0.29) is 30.1 Å². The smallest absolute Gasteiger partial charge is 0.253 e. The summed E-state index contributed by atoms with van der Waals surface area (Å²) in [5.74, 6) is -0.225. The third-order valence-electron chi connectivity index (χ3n) is 5.00. The molecule has 0 unspecified atom stereocenters.